The molecule has 0 fully saturated rings. The van der Waals surface area contributed by atoms with Gasteiger partial charge >= 0.3 is 5.97 Å². The molecule has 2 aromatic heterocycles. The second kappa shape index (κ2) is 7.01. The topological polar surface area (TPSA) is 88.8 Å². The average molecular weight is 394 g/mol. The maximum atomic E-state index is 13.1. The molecule has 136 valence electrons. The highest BCUT2D eigenvalue weighted by atomic mass is 35.5. The normalized spacial score (nSPS) is 11.0. The van der Waals surface area contributed by atoms with Crippen LogP contribution in [-0.4, -0.2) is 33.3 Å². The van der Waals surface area contributed by atoms with Crippen LogP contribution in [0.1, 0.15) is 28.5 Å². The van der Waals surface area contributed by atoms with E-state index in [9.17, 15) is 19.8 Å². The van der Waals surface area contributed by atoms with E-state index in [1.807, 2.05) is 6.92 Å². The van der Waals surface area contributed by atoms with Crippen molar-refractivity contribution in [2.45, 2.75) is 20.3 Å². The Bertz CT molecular complexity index is 1020. The molecule has 6 nitrogen and oxygen atoms in total. The van der Waals surface area contributed by atoms with E-state index in [1.54, 1.807) is 24.4 Å². The third-order valence-corrected chi connectivity index (χ3v) is 5.28. The number of ether oxygens (including phenoxy) is 1. The first-order valence-electron chi connectivity index (χ1n) is 7.84. The number of hydrogen-bond donors (Lipinski definition) is 2. The van der Waals surface area contributed by atoms with Crippen LogP contribution < -0.4 is 4.74 Å². The molecule has 0 radical (unpaired) electrons. The van der Waals surface area contributed by atoms with Crippen LogP contribution in [0.5, 0.6) is 10.8 Å². The number of carboxylic acids is 1. The Kier molecular flexibility index (Phi) is 4.93. The number of aliphatic carboxylic acids is 1. The number of rotatable bonds is 5. The first-order valence-corrected chi connectivity index (χ1v) is 9.10. The molecule has 0 atom stereocenters. The van der Waals surface area contributed by atoms with Gasteiger partial charge in [0.1, 0.15) is 5.75 Å². The smallest absolute Gasteiger partial charge is 0.307 e. The van der Waals surface area contributed by atoms with Gasteiger partial charge in [0.25, 0.3) is 5.91 Å². The van der Waals surface area contributed by atoms with E-state index in [1.165, 1.54) is 22.0 Å². The van der Waals surface area contributed by atoms with Gasteiger partial charge in [-0.2, -0.15) is 0 Å². The van der Waals surface area contributed by atoms with Gasteiger partial charge in [-0.3, -0.25) is 14.2 Å². The molecule has 0 saturated carbocycles. The molecule has 0 spiro atoms. The number of benzene rings is 1. The van der Waals surface area contributed by atoms with Gasteiger partial charge in [0, 0.05) is 22.5 Å². The summed E-state index contributed by atoms with van der Waals surface area (Å²) >= 11 is 7.53. The first-order chi connectivity index (χ1) is 12.3. The Hall–Kier alpha value is -2.51. The Balaban J connectivity index is 2.22. The van der Waals surface area contributed by atoms with Crippen LogP contribution in [0.15, 0.2) is 23.6 Å². The van der Waals surface area contributed by atoms with Crippen LogP contribution in [0.3, 0.4) is 0 Å². The van der Waals surface area contributed by atoms with Crippen molar-refractivity contribution in [2.75, 3.05) is 6.61 Å². The molecule has 0 bridgehead atoms. The lowest BCUT2D eigenvalue weighted by atomic mass is 10.1. The average Bonchev–Trinajstić information content (AvgIpc) is 3.15. The highest BCUT2D eigenvalue weighted by Crippen LogP contribution is 2.38. The number of phenolic OH excluding ortho intramolecular Hbond substituents is 1. The third kappa shape index (κ3) is 3.04. The number of carbonyl (C=O) groups excluding carboxylic acids is 1. The van der Waals surface area contributed by atoms with E-state index in [0.29, 0.717) is 39.4 Å². The fourth-order valence-corrected chi connectivity index (χ4v) is 4.00. The van der Waals surface area contributed by atoms with Crippen LogP contribution >= 0.6 is 22.9 Å². The van der Waals surface area contributed by atoms with Crippen molar-refractivity contribution >= 4 is 45.7 Å². The minimum atomic E-state index is -1.05. The molecular formula is C18H16ClNO5S. The molecule has 0 saturated heterocycles. The molecule has 2 N–H and O–H groups in total. The van der Waals surface area contributed by atoms with E-state index in [2.05, 4.69) is 0 Å². The number of phenols is 1. The zero-order chi connectivity index (χ0) is 19.0. The second-order valence-corrected chi connectivity index (χ2v) is 6.91. The third-order valence-electron chi connectivity index (χ3n) is 4.05. The summed E-state index contributed by atoms with van der Waals surface area (Å²) in [5, 5.41) is 21.9. The number of fused-ring (bicyclic) bond motifs is 1. The van der Waals surface area contributed by atoms with Gasteiger partial charge in [0.2, 0.25) is 0 Å². The highest BCUT2D eigenvalue weighted by molar-refractivity contribution is 7.12. The van der Waals surface area contributed by atoms with Crippen LogP contribution in [0.4, 0.5) is 0 Å². The number of halogens is 1. The number of aromatic hydroxyl groups is 1. The Morgan fingerprint density at radius 3 is 2.73 bits per heavy atom. The van der Waals surface area contributed by atoms with Crippen LogP contribution in [0, 0.1) is 6.92 Å². The first kappa shape index (κ1) is 18.3. The van der Waals surface area contributed by atoms with Crippen molar-refractivity contribution in [3.05, 3.63) is 45.4 Å². The fourth-order valence-electron chi connectivity index (χ4n) is 2.93. The predicted octanol–water partition coefficient (Wildman–Crippen LogP) is 4.08. The van der Waals surface area contributed by atoms with E-state index >= 15 is 0 Å². The van der Waals surface area contributed by atoms with Gasteiger partial charge in [-0.1, -0.05) is 11.6 Å². The van der Waals surface area contributed by atoms with Crippen molar-refractivity contribution < 1.29 is 24.5 Å². The summed E-state index contributed by atoms with van der Waals surface area (Å²) in [6.07, 6.45) is -0.306. The van der Waals surface area contributed by atoms with Crippen molar-refractivity contribution in [2.24, 2.45) is 0 Å². The van der Waals surface area contributed by atoms with Crippen molar-refractivity contribution in [3.8, 4) is 10.8 Å². The minimum Gasteiger partial charge on any atom is -0.506 e. The van der Waals surface area contributed by atoms with Gasteiger partial charge in [0.05, 0.1) is 29.1 Å². The molecular weight excluding hydrogens is 378 g/mol. The molecule has 8 heteroatoms. The summed E-state index contributed by atoms with van der Waals surface area (Å²) < 4.78 is 6.84. The molecule has 0 amide bonds. The monoisotopic (exact) mass is 393 g/mol. The maximum Gasteiger partial charge on any atom is 0.307 e. The summed E-state index contributed by atoms with van der Waals surface area (Å²) in [7, 11) is 0. The summed E-state index contributed by atoms with van der Waals surface area (Å²) in [6.45, 7) is 4.02. The van der Waals surface area contributed by atoms with E-state index in [0.717, 1.165) is 0 Å². The lowest BCUT2D eigenvalue weighted by Crippen LogP contribution is -2.13. The van der Waals surface area contributed by atoms with Crippen LogP contribution in [-0.2, 0) is 11.2 Å². The minimum absolute atomic E-state index is 0.0359. The predicted molar refractivity (Wildman–Crippen MR) is 99.9 cm³/mol. The lowest BCUT2D eigenvalue weighted by molar-refractivity contribution is -0.136. The largest absolute Gasteiger partial charge is 0.506 e. The highest BCUT2D eigenvalue weighted by Gasteiger charge is 2.24. The second-order valence-electron chi connectivity index (χ2n) is 5.66. The van der Waals surface area contributed by atoms with E-state index < -0.39 is 5.97 Å². The van der Waals surface area contributed by atoms with E-state index in [4.69, 9.17) is 16.3 Å². The SMILES string of the molecule is CCOc1cc(C(=O)n2c(C)c(CC(=O)O)c3c(Cl)c(O)ccc32)cs1. The maximum absolute atomic E-state index is 13.1. The zero-order valence-corrected chi connectivity index (χ0v) is 15.6. The zero-order valence-electron chi connectivity index (χ0n) is 14.1. The number of carboxylic acid groups (broad SMARTS) is 1. The summed E-state index contributed by atoms with van der Waals surface area (Å²) in [6, 6.07) is 4.60. The summed E-state index contributed by atoms with van der Waals surface area (Å²) in [5.74, 6) is -1.52. The lowest BCUT2D eigenvalue weighted by Gasteiger charge is -2.06. The quantitative estimate of drug-likeness (QED) is 0.681. The fraction of sp³-hybridized carbons (Fsp3) is 0.222. The number of carbonyl (C=O) groups is 2. The molecule has 0 aliphatic rings. The molecule has 0 aliphatic heterocycles. The molecule has 26 heavy (non-hydrogen) atoms. The molecule has 2 heterocycles. The molecule has 3 rings (SSSR count). The Morgan fingerprint density at radius 2 is 2.08 bits per heavy atom. The van der Waals surface area contributed by atoms with Gasteiger partial charge in [-0.15, -0.1) is 11.3 Å². The van der Waals surface area contributed by atoms with Crippen molar-refractivity contribution in [1.82, 2.24) is 4.57 Å². The molecule has 0 aliphatic carbocycles. The summed E-state index contributed by atoms with van der Waals surface area (Å²) in [4.78, 5) is 24.3. The van der Waals surface area contributed by atoms with Gasteiger partial charge in [0.15, 0.2) is 5.06 Å². The number of thiophene rings is 1. The molecule has 1 aromatic carbocycles. The van der Waals surface area contributed by atoms with Gasteiger partial charge in [-0.05, 0) is 31.5 Å². The van der Waals surface area contributed by atoms with Crippen molar-refractivity contribution in [1.29, 1.82) is 0 Å². The van der Waals surface area contributed by atoms with Gasteiger partial charge in [-0.25, -0.2) is 0 Å². The van der Waals surface area contributed by atoms with Crippen molar-refractivity contribution in [3.63, 3.8) is 0 Å². The molecule has 3 aromatic rings. The summed E-state index contributed by atoms with van der Waals surface area (Å²) in [5.41, 5.74) is 1.77. The van der Waals surface area contributed by atoms with Crippen LogP contribution in [0.25, 0.3) is 10.9 Å². The Morgan fingerprint density at radius 1 is 1.35 bits per heavy atom. The standard InChI is InChI=1S/C18H16ClNO5S/c1-3-25-15-6-10(8-26-15)18(24)20-9(2)11(7-14(22)23)16-12(20)4-5-13(21)17(16)19/h4-6,8,21H,3,7H2,1-2H3,(H,22,23). The van der Waals surface area contributed by atoms with Gasteiger partial charge < -0.3 is 14.9 Å². The van der Waals surface area contributed by atoms with Crippen LogP contribution in [0.2, 0.25) is 5.02 Å². The number of hydrogen-bond acceptors (Lipinski definition) is 5. The van der Waals surface area contributed by atoms with E-state index in [-0.39, 0.29) is 23.1 Å². The number of nitrogens with zero attached hydrogens (tertiary/aromatic N) is 1. The molecule has 0 unspecified atom stereocenters. The number of aromatic nitrogens is 1. The Labute approximate surface area is 158 Å².